The number of nitrogens with zero attached hydrogens (tertiary/aromatic N) is 2. The minimum absolute atomic E-state index is 0.200. The number of sulfonamides is 1. The van der Waals surface area contributed by atoms with E-state index in [9.17, 15) is 8.42 Å². The molecule has 3 aromatic rings. The van der Waals surface area contributed by atoms with Crippen LogP contribution in [0, 0.1) is 0 Å². The van der Waals surface area contributed by atoms with Crippen molar-refractivity contribution in [3.05, 3.63) is 46.7 Å². The predicted molar refractivity (Wildman–Crippen MR) is 124 cm³/mol. The van der Waals surface area contributed by atoms with Crippen LogP contribution in [0.2, 0.25) is 5.02 Å². The maximum absolute atomic E-state index is 12.8. The van der Waals surface area contributed by atoms with Gasteiger partial charge in [0.1, 0.15) is 5.82 Å². The van der Waals surface area contributed by atoms with E-state index in [1.807, 2.05) is 0 Å². The van der Waals surface area contributed by atoms with Crippen molar-refractivity contribution in [3.63, 3.8) is 0 Å². The Labute approximate surface area is 191 Å². The standard InChI is InChI=1S/C21H23Cl2N3O4S/c1-5-26(6-2)31(27,28)14-7-8-17-18(12-14)25-21(24-17)16(23)10-13-9-15(22)20(30-4)19(11-13)29-3/h7-12H,5-6H2,1-4H3,(H,24,25)/b16-10-. The SMILES string of the molecule is CCN(CC)S(=O)(=O)c1ccc2nc(/C(Cl)=C/c3cc(Cl)c(OC)c(OC)c3)[nH]c2c1. The normalized spacial score (nSPS) is 12.5. The molecule has 0 aliphatic carbocycles. The Morgan fingerprint density at radius 2 is 1.87 bits per heavy atom. The molecule has 0 atom stereocenters. The summed E-state index contributed by atoms with van der Waals surface area (Å²) in [5, 5.41) is 0.709. The van der Waals surface area contributed by atoms with E-state index in [1.54, 1.807) is 50.3 Å². The van der Waals surface area contributed by atoms with Crippen molar-refractivity contribution in [3.8, 4) is 11.5 Å². The number of hydrogen-bond acceptors (Lipinski definition) is 5. The van der Waals surface area contributed by atoms with Gasteiger partial charge in [-0.3, -0.25) is 0 Å². The van der Waals surface area contributed by atoms with Crippen LogP contribution in [-0.2, 0) is 10.0 Å². The third kappa shape index (κ3) is 4.67. The van der Waals surface area contributed by atoms with Gasteiger partial charge in [0, 0.05) is 13.1 Å². The van der Waals surface area contributed by atoms with Crippen molar-refractivity contribution in [2.45, 2.75) is 18.7 Å². The van der Waals surface area contributed by atoms with E-state index >= 15 is 0 Å². The van der Waals surface area contributed by atoms with E-state index in [2.05, 4.69) is 9.97 Å². The fourth-order valence-electron chi connectivity index (χ4n) is 3.21. The molecule has 3 rings (SSSR count). The van der Waals surface area contributed by atoms with Crippen LogP contribution in [0.25, 0.3) is 22.1 Å². The predicted octanol–water partition coefficient (Wildman–Crippen LogP) is 5.00. The minimum Gasteiger partial charge on any atom is -0.493 e. The summed E-state index contributed by atoms with van der Waals surface area (Å²) in [6, 6.07) is 8.21. The van der Waals surface area contributed by atoms with E-state index in [0.717, 1.165) is 0 Å². The lowest BCUT2D eigenvalue weighted by atomic mass is 10.2. The Hall–Kier alpha value is -2.26. The first-order chi connectivity index (χ1) is 14.7. The molecule has 1 heterocycles. The maximum Gasteiger partial charge on any atom is 0.243 e. The van der Waals surface area contributed by atoms with E-state index in [0.29, 0.717) is 57.1 Å². The number of aromatic amines is 1. The van der Waals surface area contributed by atoms with Gasteiger partial charge in [0.15, 0.2) is 11.5 Å². The largest absolute Gasteiger partial charge is 0.493 e. The molecule has 0 fully saturated rings. The quantitative estimate of drug-likeness (QED) is 0.487. The number of methoxy groups -OCH3 is 2. The van der Waals surface area contributed by atoms with Gasteiger partial charge in [-0.15, -0.1) is 0 Å². The van der Waals surface area contributed by atoms with E-state index in [-0.39, 0.29) is 4.90 Å². The van der Waals surface area contributed by atoms with Crippen LogP contribution in [0.4, 0.5) is 0 Å². The Morgan fingerprint density at radius 3 is 2.48 bits per heavy atom. The van der Waals surface area contributed by atoms with Crippen molar-refractivity contribution in [1.29, 1.82) is 0 Å². The number of H-pyrrole nitrogens is 1. The topological polar surface area (TPSA) is 84.5 Å². The zero-order chi connectivity index (χ0) is 22.8. The number of fused-ring (bicyclic) bond motifs is 1. The Morgan fingerprint density at radius 1 is 1.16 bits per heavy atom. The van der Waals surface area contributed by atoms with E-state index in [4.69, 9.17) is 32.7 Å². The average molecular weight is 484 g/mol. The number of hydrogen-bond donors (Lipinski definition) is 1. The molecule has 0 radical (unpaired) electrons. The molecule has 0 aliphatic heterocycles. The van der Waals surface area contributed by atoms with Gasteiger partial charge < -0.3 is 14.5 Å². The monoisotopic (exact) mass is 483 g/mol. The summed E-state index contributed by atoms with van der Waals surface area (Å²) in [6.45, 7) is 4.40. The Bertz CT molecular complexity index is 1230. The molecular weight excluding hydrogens is 461 g/mol. The van der Waals surface area contributed by atoms with Crippen molar-refractivity contribution < 1.29 is 17.9 Å². The second-order valence-corrected chi connectivity index (χ2v) is 9.34. The van der Waals surface area contributed by atoms with Crippen LogP contribution in [0.5, 0.6) is 11.5 Å². The fourth-order valence-corrected chi connectivity index (χ4v) is 5.21. The number of nitrogens with one attached hydrogen (secondary N) is 1. The van der Waals surface area contributed by atoms with Gasteiger partial charge >= 0.3 is 0 Å². The lowest BCUT2D eigenvalue weighted by Crippen LogP contribution is -2.30. The number of benzene rings is 2. The molecule has 2 aromatic carbocycles. The number of imidazole rings is 1. The number of rotatable bonds is 8. The molecule has 0 aliphatic rings. The van der Waals surface area contributed by atoms with Gasteiger partial charge in [-0.1, -0.05) is 37.0 Å². The van der Waals surface area contributed by atoms with Crippen molar-refractivity contribution >= 4 is 55.4 Å². The van der Waals surface area contributed by atoms with Crippen molar-refractivity contribution in [2.24, 2.45) is 0 Å². The molecule has 7 nitrogen and oxygen atoms in total. The van der Waals surface area contributed by atoms with Gasteiger partial charge in [0.2, 0.25) is 10.0 Å². The van der Waals surface area contributed by atoms with Crippen LogP contribution >= 0.6 is 23.2 Å². The summed E-state index contributed by atoms with van der Waals surface area (Å²) in [6.07, 6.45) is 1.68. The molecule has 1 N–H and O–H groups in total. The summed E-state index contributed by atoms with van der Waals surface area (Å²) < 4.78 is 37.5. The first-order valence-electron chi connectivity index (χ1n) is 9.54. The van der Waals surface area contributed by atoms with Crippen molar-refractivity contribution in [1.82, 2.24) is 14.3 Å². The summed E-state index contributed by atoms with van der Waals surface area (Å²) in [7, 11) is -0.544. The molecule has 0 saturated heterocycles. The van der Waals surface area contributed by atoms with Gasteiger partial charge in [-0.25, -0.2) is 13.4 Å². The van der Waals surface area contributed by atoms with E-state index in [1.165, 1.54) is 18.5 Å². The van der Waals surface area contributed by atoms with Crippen LogP contribution in [-0.4, -0.2) is 50.0 Å². The molecule has 0 unspecified atom stereocenters. The highest BCUT2D eigenvalue weighted by molar-refractivity contribution is 7.89. The molecule has 0 saturated carbocycles. The molecule has 10 heteroatoms. The van der Waals surface area contributed by atoms with Gasteiger partial charge in [-0.05, 0) is 42.0 Å². The molecule has 31 heavy (non-hydrogen) atoms. The Kier molecular flexibility index (Phi) is 7.16. The maximum atomic E-state index is 12.8. The van der Waals surface area contributed by atoms with Crippen LogP contribution < -0.4 is 9.47 Å². The lowest BCUT2D eigenvalue weighted by molar-refractivity contribution is 0.355. The highest BCUT2D eigenvalue weighted by atomic mass is 35.5. The second-order valence-electron chi connectivity index (χ2n) is 6.58. The zero-order valence-corrected chi connectivity index (χ0v) is 19.9. The van der Waals surface area contributed by atoms with Crippen LogP contribution in [0.15, 0.2) is 35.2 Å². The zero-order valence-electron chi connectivity index (χ0n) is 17.6. The molecule has 1 aromatic heterocycles. The van der Waals surface area contributed by atoms with E-state index < -0.39 is 10.0 Å². The fraction of sp³-hybridized carbons (Fsp3) is 0.286. The first kappa shape index (κ1) is 23.4. The minimum atomic E-state index is -3.57. The number of ether oxygens (including phenoxy) is 2. The molecular formula is C21H23Cl2N3O4S. The first-order valence-corrected chi connectivity index (χ1v) is 11.7. The molecule has 0 spiro atoms. The average Bonchev–Trinajstić information content (AvgIpc) is 3.17. The van der Waals surface area contributed by atoms with Gasteiger partial charge in [-0.2, -0.15) is 4.31 Å². The third-order valence-electron chi connectivity index (χ3n) is 4.77. The van der Waals surface area contributed by atoms with Gasteiger partial charge in [0.25, 0.3) is 0 Å². The summed E-state index contributed by atoms with van der Waals surface area (Å²) in [4.78, 5) is 7.75. The second kappa shape index (κ2) is 9.48. The molecule has 0 bridgehead atoms. The van der Waals surface area contributed by atoms with Crippen LogP contribution in [0.3, 0.4) is 0 Å². The van der Waals surface area contributed by atoms with Gasteiger partial charge in [0.05, 0.1) is 40.2 Å². The van der Waals surface area contributed by atoms with Crippen molar-refractivity contribution in [2.75, 3.05) is 27.3 Å². The highest BCUT2D eigenvalue weighted by Crippen LogP contribution is 2.37. The summed E-state index contributed by atoms with van der Waals surface area (Å²) in [5.41, 5.74) is 1.86. The summed E-state index contributed by atoms with van der Waals surface area (Å²) >= 11 is 12.7. The number of aromatic nitrogens is 2. The smallest absolute Gasteiger partial charge is 0.243 e. The molecule has 166 valence electrons. The Balaban J connectivity index is 1.99. The summed E-state index contributed by atoms with van der Waals surface area (Å²) in [5.74, 6) is 1.31. The van der Waals surface area contributed by atoms with Crippen LogP contribution in [0.1, 0.15) is 25.2 Å². The highest BCUT2D eigenvalue weighted by Gasteiger charge is 2.22. The third-order valence-corrected chi connectivity index (χ3v) is 7.39. The lowest BCUT2D eigenvalue weighted by Gasteiger charge is -2.18. The number of halogens is 2. The molecule has 0 amide bonds.